The Morgan fingerprint density at radius 1 is 0.943 bits per heavy atom. The van der Waals surface area contributed by atoms with E-state index in [0.29, 0.717) is 30.8 Å². The average Bonchev–Trinajstić information content (AvgIpc) is 3.66. The minimum atomic E-state index is -2.98. The highest BCUT2D eigenvalue weighted by molar-refractivity contribution is 6.99. The van der Waals surface area contributed by atoms with E-state index in [2.05, 4.69) is 65.6 Å². The standard InChI is InChI=1S/C40H47F3N4O5Si/c1-25(29-18-13-19-30(32(29)41)35(42)43)44-36-31(38-50-22-23-51-38)33(45-26(2)46-36)34(49-6)37(48)47-40(20-21-40)24-52-53(39(3,4)5,27-14-9-7-10-15-27)28-16-11-8-12-17-28/h7-19,25,34-35,38H,20-24H2,1-6H3,(H,47,48)(H,44,45,46)/t25-,34?/m1/s1. The molecule has 2 fully saturated rings. The second kappa shape index (κ2) is 15.7. The lowest BCUT2D eigenvalue weighted by molar-refractivity contribution is -0.133. The number of anilines is 1. The van der Waals surface area contributed by atoms with Crippen LogP contribution in [0.15, 0.2) is 78.9 Å². The van der Waals surface area contributed by atoms with E-state index < -0.39 is 56.0 Å². The molecule has 1 amide bonds. The highest BCUT2D eigenvalue weighted by atomic mass is 28.4. The lowest BCUT2D eigenvalue weighted by Crippen LogP contribution is -2.67. The summed E-state index contributed by atoms with van der Waals surface area (Å²) in [5.74, 6) is -0.931. The molecule has 1 aliphatic heterocycles. The minimum Gasteiger partial charge on any atom is -0.405 e. The molecule has 0 spiro atoms. The maximum absolute atomic E-state index is 15.2. The Morgan fingerprint density at radius 2 is 1.53 bits per heavy atom. The van der Waals surface area contributed by atoms with Crippen molar-refractivity contribution in [1.82, 2.24) is 15.3 Å². The first-order valence-electron chi connectivity index (χ1n) is 17.8. The molecule has 282 valence electrons. The van der Waals surface area contributed by atoms with Gasteiger partial charge < -0.3 is 29.3 Å². The van der Waals surface area contributed by atoms with Crippen LogP contribution in [0.5, 0.6) is 0 Å². The normalized spacial score (nSPS) is 17.1. The number of hydrogen-bond donors (Lipinski definition) is 2. The van der Waals surface area contributed by atoms with Crippen molar-refractivity contribution in [2.45, 2.75) is 82.9 Å². The lowest BCUT2D eigenvalue weighted by atomic mass is 10.0. The molecule has 2 aliphatic rings. The molecule has 6 rings (SSSR count). The Labute approximate surface area is 309 Å². The monoisotopic (exact) mass is 748 g/mol. The summed E-state index contributed by atoms with van der Waals surface area (Å²) in [4.78, 5) is 23.5. The van der Waals surface area contributed by atoms with Crippen molar-refractivity contribution in [2.24, 2.45) is 0 Å². The molecule has 1 aromatic heterocycles. The number of aromatic nitrogens is 2. The summed E-state index contributed by atoms with van der Waals surface area (Å²) in [7, 11) is -1.46. The third-order valence-corrected chi connectivity index (χ3v) is 15.0. The SMILES string of the molecule is COC(C(=O)NC1(CO[Si](c2ccccc2)(c2ccccc2)C(C)(C)C)CC1)c1nc(C)nc(N[C@H](C)c2cccc(C(F)F)c2F)c1C1OCCO1. The molecule has 2 atom stereocenters. The largest absolute Gasteiger partial charge is 0.405 e. The number of nitrogens with zero attached hydrogens (tertiary/aromatic N) is 2. The lowest BCUT2D eigenvalue weighted by Gasteiger charge is -2.44. The van der Waals surface area contributed by atoms with Crippen molar-refractivity contribution < 1.29 is 36.6 Å². The number of amides is 1. The Balaban J connectivity index is 1.30. The van der Waals surface area contributed by atoms with E-state index in [9.17, 15) is 13.6 Å². The van der Waals surface area contributed by atoms with Gasteiger partial charge in [0.05, 0.1) is 48.2 Å². The fraction of sp³-hybridized carbons (Fsp3) is 0.425. The van der Waals surface area contributed by atoms with E-state index in [4.69, 9.17) is 18.6 Å². The van der Waals surface area contributed by atoms with Crippen LogP contribution < -0.4 is 21.0 Å². The third kappa shape index (κ3) is 7.90. The molecule has 4 aromatic rings. The van der Waals surface area contributed by atoms with Crippen LogP contribution in [0.2, 0.25) is 5.04 Å². The first kappa shape index (κ1) is 38.6. The van der Waals surface area contributed by atoms with Gasteiger partial charge in [0.1, 0.15) is 17.5 Å². The maximum atomic E-state index is 15.2. The molecule has 0 radical (unpaired) electrons. The van der Waals surface area contributed by atoms with E-state index in [1.165, 1.54) is 19.2 Å². The predicted octanol–water partition coefficient (Wildman–Crippen LogP) is 6.99. The fourth-order valence-corrected chi connectivity index (χ4v) is 11.8. The van der Waals surface area contributed by atoms with Crippen LogP contribution in [0.3, 0.4) is 0 Å². The third-order valence-electron chi connectivity index (χ3n) is 10.0. The summed E-state index contributed by atoms with van der Waals surface area (Å²) in [5, 5.41) is 8.43. The molecule has 1 saturated carbocycles. The Hall–Kier alpha value is -4.14. The number of methoxy groups -OCH3 is 1. The molecule has 13 heteroatoms. The summed E-state index contributed by atoms with van der Waals surface area (Å²) < 4.78 is 67.1. The zero-order valence-corrected chi connectivity index (χ0v) is 31.9. The van der Waals surface area contributed by atoms with Gasteiger partial charge in [0, 0.05) is 12.7 Å². The van der Waals surface area contributed by atoms with Crippen LogP contribution in [0, 0.1) is 12.7 Å². The van der Waals surface area contributed by atoms with Crippen molar-refractivity contribution in [2.75, 3.05) is 32.2 Å². The zero-order valence-electron chi connectivity index (χ0n) is 30.9. The van der Waals surface area contributed by atoms with E-state index in [-0.39, 0.29) is 35.3 Å². The van der Waals surface area contributed by atoms with E-state index >= 15 is 4.39 Å². The van der Waals surface area contributed by atoms with Crippen molar-refractivity contribution in [3.63, 3.8) is 0 Å². The van der Waals surface area contributed by atoms with Crippen molar-refractivity contribution >= 4 is 30.4 Å². The van der Waals surface area contributed by atoms with Crippen molar-refractivity contribution in [3.05, 3.63) is 113 Å². The second-order valence-corrected chi connectivity index (χ2v) is 19.1. The summed E-state index contributed by atoms with van der Waals surface area (Å²) in [6.45, 7) is 10.8. The van der Waals surface area contributed by atoms with Crippen LogP contribution in [0.1, 0.15) is 93.6 Å². The smallest absolute Gasteiger partial charge is 0.266 e. The van der Waals surface area contributed by atoms with Crippen LogP contribution in [-0.2, 0) is 23.4 Å². The summed E-state index contributed by atoms with van der Waals surface area (Å²) in [6, 6.07) is 23.7. The van der Waals surface area contributed by atoms with Gasteiger partial charge >= 0.3 is 0 Å². The first-order valence-corrected chi connectivity index (χ1v) is 19.8. The van der Waals surface area contributed by atoms with Crippen LogP contribution in [0.25, 0.3) is 0 Å². The molecule has 53 heavy (non-hydrogen) atoms. The minimum absolute atomic E-state index is 0.0254. The first-order chi connectivity index (χ1) is 25.3. The number of alkyl halides is 2. The van der Waals surface area contributed by atoms with Crippen LogP contribution >= 0.6 is 0 Å². The number of nitrogens with one attached hydrogen (secondary N) is 2. The molecule has 9 nitrogen and oxygen atoms in total. The Kier molecular flexibility index (Phi) is 11.4. The van der Waals surface area contributed by atoms with Crippen molar-refractivity contribution in [1.29, 1.82) is 0 Å². The van der Waals surface area contributed by atoms with Gasteiger partial charge in [-0.15, -0.1) is 0 Å². The van der Waals surface area contributed by atoms with Gasteiger partial charge in [-0.2, -0.15) is 0 Å². The molecular formula is C40H47F3N4O5Si. The number of rotatable bonds is 14. The number of halogens is 3. The summed E-state index contributed by atoms with van der Waals surface area (Å²) >= 11 is 0. The van der Waals surface area contributed by atoms with Gasteiger partial charge in [-0.3, -0.25) is 4.79 Å². The van der Waals surface area contributed by atoms with E-state index in [1.807, 2.05) is 36.4 Å². The molecule has 3 aromatic carbocycles. The summed E-state index contributed by atoms with van der Waals surface area (Å²) in [6.07, 6.45) is -3.72. The van der Waals surface area contributed by atoms with Gasteiger partial charge in [0.15, 0.2) is 12.4 Å². The van der Waals surface area contributed by atoms with Crippen molar-refractivity contribution in [3.8, 4) is 0 Å². The highest BCUT2D eigenvalue weighted by Crippen LogP contribution is 2.43. The van der Waals surface area contributed by atoms with Gasteiger partial charge in [0.25, 0.3) is 20.7 Å². The second-order valence-electron chi connectivity index (χ2n) is 14.7. The zero-order chi connectivity index (χ0) is 38.0. The van der Waals surface area contributed by atoms with Gasteiger partial charge in [-0.25, -0.2) is 23.1 Å². The molecule has 0 bridgehead atoms. The molecule has 2 heterocycles. The number of hydrogen-bond acceptors (Lipinski definition) is 8. The molecule has 2 N–H and O–H groups in total. The van der Waals surface area contributed by atoms with Crippen LogP contribution in [0.4, 0.5) is 19.0 Å². The van der Waals surface area contributed by atoms with Gasteiger partial charge in [0.2, 0.25) is 0 Å². The summed E-state index contributed by atoms with van der Waals surface area (Å²) in [5.41, 5.74) is -0.780. The Bertz CT molecular complexity index is 1850. The van der Waals surface area contributed by atoms with E-state index in [1.54, 1.807) is 13.8 Å². The van der Waals surface area contributed by atoms with Gasteiger partial charge in [-0.05, 0) is 42.1 Å². The van der Waals surface area contributed by atoms with E-state index in [0.717, 1.165) is 16.4 Å². The topological polar surface area (TPSA) is 104 Å². The molecular weight excluding hydrogens is 702 g/mol. The number of ether oxygens (including phenoxy) is 3. The number of benzene rings is 3. The molecule has 1 saturated heterocycles. The number of carbonyl (C=O) groups is 1. The quantitative estimate of drug-likeness (QED) is 0.133. The predicted molar refractivity (Wildman–Crippen MR) is 198 cm³/mol. The fourth-order valence-electron chi connectivity index (χ4n) is 7.16. The molecule has 1 aliphatic carbocycles. The Morgan fingerprint density at radius 3 is 2.06 bits per heavy atom. The highest BCUT2D eigenvalue weighted by Gasteiger charge is 2.54. The number of aryl methyl sites for hydroxylation is 1. The molecule has 1 unspecified atom stereocenters. The average molecular weight is 749 g/mol. The van der Waals surface area contributed by atoms with Crippen LogP contribution in [-0.4, -0.2) is 56.7 Å². The van der Waals surface area contributed by atoms with Gasteiger partial charge in [-0.1, -0.05) is 99.6 Å². The maximum Gasteiger partial charge on any atom is 0.266 e. The number of carbonyl (C=O) groups excluding carboxylic acids is 1.